The van der Waals surface area contributed by atoms with Crippen LogP contribution in [0.2, 0.25) is 20.1 Å². The molecule has 1 fully saturated rings. The first-order valence-corrected chi connectivity index (χ1v) is 14.1. The minimum atomic E-state index is -0.833. The molecule has 0 aromatic heterocycles. The van der Waals surface area contributed by atoms with Crippen molar-refractivity contribution < 1.29 is 48.4 Å². The number of hydrogen-bond acceptors (Lipinski definition) is 11. The molecule has 0 spiro atoms. The molecule has 1 aliphatic rings. The molecule has 20 heteroatoms. The fourth-order valence-electron chi connectivity index (χ4n) is 3.12. The normalized spacial score (nSPS) is 11.8. The number of carbonyl (C=O) groups is 5. The number of carbonyl (C=O) groups excluding carboxylic acids is 4. The van der Waals surface area contributed by atoms with Crippen LogP contribution >= 0.6 is 46.4 Å². The number of carboxylic acids is 1. The molecule has 16 nitrogen and oxygen atoms in total. The summed E-state index contributed by atoms with van der Waals surface area (Å²) < 4.78 is 14.3. The number of nitrogens with one attached hydrogen (secondary N) is 3. The Balaban J connectivity index is 0.000000412. The third kappa shape index (κ3) is 12.8. The van der Waals surface area contributed by atoms with E-state index >= 15 is 0 Å². The Morgan fingerprint density at radius 3 is 1.83 bits per heavy atom. The third-order valence-corrected chi connectivity index (χ3v) is 6.44. The number of carboxylic acid groups (broad SMARTS) is 1. The maximum atomic E-state index is 12.0. The van der Waals surface area contributed by atoms with Crippen LogP contribution in [-0.2, 0) is 19.0 Å². The van der Waals surface area contributed by atoms with E-state index in [0.29, 0.717) is 13.2 Å². The second-order valence-corrected chi connectivity index (χ2v) is 9.97. The van der Waals surface area contributed by atoms with Crippen LogP contribution in [-0.4, -0.2) is 104 Å². The Morgan fingerprint density at radius 2 is 1.43 bits per heavy atom. The molecule has 2 aromatic carbocycles. The van der Waals surface area contributed by atoms with Gasteiger partial charge in [0.1, 0.15) is 6.73 Å². The lowest BCUT2D eigenvalue weighted by Gasteiger charge is -2.27. The lowest BCUT2D eigenvalue weighted by Crippen LogP contribution is -2.51. The van der Waals surface area contributed by atoms with Gasteiger partial charge in [0.15, 0.2) is 0 Å². The van der Waals surface area contributed by atoms with Crippen LogP contribution in [0.25, 0.3) is 0 Å². The number of halogens is 4. The van der Waals surface area contributed by atoms with Gasteiger partial charge in [0.25, 0.3) is 5.97 Å². The van der Waals surface area contributed by atoms with Gasteiger partial charge in [-0.3, -0.25) is 9.80 Å². The molecule has 46 heavy (non-hydrogen) atoms. The van der Waals surface area contributed by atoms with Gasteiger partial charge in [-0.05, 0) is 24.3 Å². The topological polar surface area (TPSA) is 208 Å². The standard InChI is InChI=1S/2C12H13Cl2N3O4.C2H4O2/c1-20-11(18)7-4-10(9(14)5-8(7)13)16-12(19)17-2-3-21-6-15-17;1-15-17(3-4-18)12(20)16-10-5-7(11(19)21-2)8(13)6-9(10)14;1-2(3)4/h4-5,15H,2-3,6H2,1H3,(H,16,19);5-6,18H,1,3-4H2,2H3,(H,16,20);1H3,(H,3,4). The number of hydrazine groups is 1. The Labute approximate surface area is 283 Å². The number of rotatable bonds is 7. The molecule has 0 bridgehead atoms. The molecule has 1 aliphatic heterocycles. The number of hydrogen-bond donors (Lipinski definition) is 5. The second-order valence-electron chi connectivity index (χ2n) is 8.34. The predicted octanol–water partition coefficient (Wildman–Crippen LogP) is 4.42. The number of nitrogens with zero attached hydrogens (tertiary/aromatic N) is 3. The average Bonchev–Trinajstić information content (AvgIpc) is 3.02. The van der Waals surface area contributed by atoms with E-state index in [4.69, 9.17) is 66.1 Å². The van der Waals surface area contributed by atoms with Gasteiger partial charge in [-0.25, -0.2) is 29.6 Å². The van der Waals surface area contributed by atoms with Crippen molar-refractivity contribution in [1.82, 2.24) is 15.4 Å². The molecule has 1 saturated heterocycles. The van der Waals surface area contributed by atoms with Crippen molar-refractivity contribution in [3.8, 4) is 0 Å². The van der Waals surface area contributed by atoms with E-state index in [2.05, 4.69) is 37.4 Å². The van der Waals surface area contributed by atoms with Gasteiger partial charge in [0.05, 0.1) is 83.1 Å². The average molecular weight is 728 g/mol. The van der Waals surface area contributed by atoms with E-state index in [1.54, 1.807) is 0 Å². The Kier molecular flexibility index (Phi) is 17.7. The molecule has 252 valence electrons. The smallest absolute Gasteiger partial charge is 0.342 e. The summed E-state index contributed by atoms with van der Waals surface area (Å²) in [6.07, 6.45) is 0. The SMILES string of the molecule is C=NN(CCO)C(=O)Nc1cc(C(=O)OC)c(Cl)cc1Cl.CC(=O)O.COC(=O)c1cc(NC(=O)N2CCOCN2)c(Cl)cc1Cl. The van der Waals surface area contributed by atoms with Crippen molar-refractivity contribution in [3.63, 3.8) is 0 Å². The van der Waals surface area contributed by atoms with Crippen LogP contribution in [0.4, 0.5) is 21.0 Å². The molecule has 0 unspecified atom stereocenters. The number of methoxy groups -OCH3 is 2. The van der Waals surface area contributed by atoms with E-state index in [-0.39, 0.29) is 62.5 Å². The number of ether oxygens (including phenoxy) is 3. The minimum absolute atomic E-state index is 0.0373. The van der Waals surface area contributed by atoms with Gasteiger partial charge in [-0.1, -0.05) is 46.4 Å². The van der Waals surface area contributed by atoms with E-state index in [0.717, 1.165) is 11.9 Å². The quantitative estimate of drug-likeness (QED) is 0.153. The first-order valence-electron chi connectivity index (χ1n) is 12.6. The molecule has 0 saturated carbocycles. The monoisotopic (exact) mass is 726 g/mol. The van der Waals surface area contributed by atoms with Crippen LogP contribution in [0.15, 0.2) is 29.4 Å². The molecule has 5 N–H and O–H groups in total. The number of esters is 2. The fraction of sp³-hybridized carbons (Fsp3) is 0.308. The highest BCUT2D eigenvalue weighted by molar-refractivity contribution is 6.39. The summed E-state index contributed by atoms with van der Waals surface area (Å²) in [5, 5.41) is 27.6. The van der Waals surface area contributed by atoms with E-state index in [1.165, 1.54) is 43.5 Å². The summed E-state index contributed by atoms with van der Waals surface area (Å²) >= 11 is 23.8. The zero-order valence-corrected chi connectivity index (χ0v) is 27.6. The number of aliphatic hydroxyl groups is 1. The summed E-state index contributed by atoms with van der Waals surface area (Å²) in [7, 11) is 2.44. The van der Waals surface area contributed by atoms with Gasteiger partial charge in [0.2, 0.25) is 0 Å². The van der Waals surface area contributed by atoms with E-state index in [9.17, 15) is 19.2 Å². The summed E-state index contributed by atoms with van der Waals surface area (Å²) in [6.45, 7) is 5.04. The highest BCUT2D eigenvalue weighted by atomic mass is 35.5. The van der Waals surface area contributed by atoms with Crippen molar-refractivity contribution in [2.75, 3.05) is 57.9 Å². The van der Waals surface area contributed by atoms with Crippen LogP contribution in [0.1, 0.15) is 27.6 Å². The number of anilines is 2. The molecule has 0 aliphatic carbocycles. The van der Waals surface area contributed by atoms with Crippen molar-refractivity contribution in [1.29, 1.82) is 0 Å². The summed E-state index contributed by atoms with van der Waals surface area (Å²) in [6, 6.07) is 4.25. The molecular formula is C26H30Cl4N6O10. The number of benzene rings is 2. The van der Waals surface area contributed by atoms with Crippen molar-refractivity contribution >= 4 is 94.5 Å². The summed E-state index contributed by atoms with van der Waals surface area (Å²) in [5.41, 5.74) is 3.35. The number of hydrazone groups is 1. The Bertz CT molecular complexity index is 1420. The number of aliphatic hydroxyl groups excluding tert-OH is 1. The lowest BCUT2D eigenvalue weighted by molar-refractivity contribution is -0.134. The fourth-order valence-corrected chi connectivity index (χ4v) is 4.14. The molecule has 4 amide bonds. The largest absolute Gasteiger partial charge is 0.481 e. The number of aliphatic carboxylic acids is 1. The van der Waals surface area contributed by atoms with Crippen molar-refractivity contribution in [2.45, 2.75) is 6.92 Å². The first-order chi connectivity index (χ1) is 21.7. The van der Waals surface area contributed by atoms with Crippen LogP contribution in [0.3, 0.4) is 0 Å². The highest BCUT2D eigenvalue weighted by Gasteiger charge is 2.21. The molecule has 3 rings (SSSR count). The zero-order valence-electron chi connectivity index (χ0n) is 24.6. The number of urea groups is 2. The number of amides is 4. The van der Waals surface area contributed by atoms with Gasteiger partial charge >= 0.3 is 24.0 Å². The summed E-state index contributed by atoms with van der Waals surface area (Å²) in [4.78, 5) is 56.1. The van der Waals surface area contributed by atoms with Crippen LogP contribution in [0.5, 0.6) is 0 Å². The second kappa shape index (κ2) is 20.3. The van der Waals surface area contributed by atoms with Crippen molar-refractivity contribution in [2.24, 2.45) is 5.10 Å². The highest BCUT2D eigenvalue weighted by Crippen LogP contribution is 2.31. The van der Waals surface area contributed by atoms with E-state index < -0.39 is 30.0 Å². The van der Waals surface area contributed by atoms with Crippen molar-refractivity contribution in [3.05, 3.63) is 55.5 Å². The Morgan fingerprint density at radius 1 is 0.957 bits per heavy atom. The molecular weight excluding hydrogens is 698 g/mol. The molecule has 1 heterocycles. The minimum Gasteiger partial charge on any atom is -0.481 e. The Hall–Kier alpha value is -3.90. The maximum Gasteiger partial charge on any atom is 0.342 e. The van der Waals surface area contributed by atoms with Crippen LogP contribution < -0.4 is 16.1 Å². The van der Waals surface area contributed by atoms with Gasteiger partial charge in [0, 0.05) is 13.6 Å². The molecule has 0 atom stereocenters. The van der Waals surface area contributed by atoms with Gasteiger partial charge < -0.3 is 35.1 Å². The van der Waals surface area contributed by atoms with Crippen LogP contribution in [0, 0.1) is 0 Å². The zero-order chi connectivity index (χ0) is 35.0. The lowest BCUT2D eigenvalue weighted by atomic mass is 10.2. The predicted molar refractivity (Wildman–Crippen MR) is 171 cm³/mol. The van der Waals surface area contributed by atoms with Gasteiger partial charge in [-0.2, -0.15) is 5.10 Å². The van der Waals surface area contributed by atoms with E-state index in [1.807, 2.05) is 0 Å². The summed E-state index contributed by atoms with van der Waals surface area (Å²) in [5.74, 6) is -2.11. The maximum absolute atomic E-state index is 12.0. The van der Waals surface area contributed by atoms with Gasteiger partial charge in [-0.15, -0.1) is 0 Å². The molecule has 0 radical (unpaired) electrons. The third-order valence-electron chi connectivity index (χ3n) is 5.19. The first kappa shape index (κ1) is 40.1. The molecule has 2 aromatic rings.